The monoisotopic (exact) mass is 212 g/mol. The van der Waals surface area contributed by atoms with Gasteiger partial charge in [0.05, 0.1) is 5.39 Å². The van der Waals surface area contributed by atoms with Crippen LogP contribution in [0.4, 0.5) is 0 Å². The lowest BCUT2D eigenvalue weighted by Gasteiger charge is -1.84. The molecule has 7 heteroatoms. The average Bonchev–Trinajstić information content (AvgIpc) is 2.47. The van der Waals surface area contributed by atoms with E-state index in [1.165, 1.54) is 6.07 Å². The normalized spacial score (nSPS) is 10.6. The second kappa shape index (κ2) is 2.81. The number of hydrogen-bond donors (Lipinski definition) is 3. The molecule has 2 heterocycles. The van der Waals surface area contributed by atoms with E-state index >= 15 is 0 Å². The Morgan fingerprint density at radius 3 is 2.71 bits per heavy atom. The second-order valence-electron chi connectivity index (χ2n) is 2.57. The summed E-state index contributed by atoms with van der Waals surface area (Å²) in [4.78, 5) is 37.2. The van der Waals surface area contributed by atoms with Gasteiger partial charge in [-0.15, -0.1) is 11.3 Å². The molecule has 0 atom stereocenters. The number of carboxylic acids is 1. The number of carboxylic acid groups (broad SMARTS) is 1. The van der Waals surface area contributed by atoms with Gasteiger partial charge in [-0.3, -0.25) is 14.8 Å². The highest BCUT2D eigenvalue weighted by Gasteiger charge is 2.11. The third-order valence-electron chi connectivity index (χ3n) is 1.64. The van der Waals surface area contributed by atoms with Crippen molar-refractivity contribution in [2.45, 2.75) is 0 Å². The van der Waals surface area contributed by atoms with Gasteiger partial charge in [0.25, 0.3) is 5.56 Å². The summed E-state index contributed by atoms with van der Waals surface area (Å²) in [6.07, 6.45) is 0. The molecule has 3 N–H and O–H groups in total. The summed E-state index contributed by atoms with van der Waals surface area (Å²) in [5.41, 5.74) is -1.21. The van der Waals surface area contributed by atoms with Gasteiger partial charge in [-0.25, -0.2) is 9.59 Å². The number of hydrogen-bond acceptors (Lipinski definition) is 4. The van der Waals surface area contributed by atoms with E-state index in [-0.39, 0.29) is 15.1 Å². The number of aromatic amines is 2. The molecule has 2 aromatic heterocycles. The van der Waals surface area contributed by atoms with Crippen molar-refractivity contribution in [3.8, 4) is 0 Å². The van der Waals surface area contributed by atoms with Crippen LogP contribution in [-0.2, 0) is 0 Å². The van der Waals surface area contributed by atoms with Crippen LogP contribution in [0, 0.1) is 0 Å². The molecule has 0 spiro atoms. The van der Waals surface area contributed by atoms with Crippen molar-refractivity contribution in [3.63, 3.8) is 0 Å². The molecule has 0 fully saturated rings. The number of H-pyrrole nitrogens is 2. The van der Waals surface area contributed by atoms with Crippen molar-refractivity contribution in [3.05, 3.63) is 31.8 Å². The van der Waals surface area contributed by atoms with Crippen LogP contribution < -0.4 is 11.2 Å². The highest BCUT2D eigenvalue weighted by molar-refractivity contribution is 7.20. The third-order valence-corrected chi connectivity index (χ3v) is 2.68. The first kappa shape index (κ1) is 8.70. The van der Waals surface area contributed by atoms with Crippen LogP contribution in [0.25, 0.3) is 10.2 Å². The van der Waals surface area contributed by atoms with Gasteiger partial charge in [-0.2, -0.15) is 0 Å². The fraction of sp³-hybridized carbons (Fsp3) is 0. The van der Waals surface area contributed by atoms with Crippen LogP contribution >= 0.6 is 11.3 Å². The van der Waals surface area contributed by atoms with Gasteiger partial charge in [-0.05, 0) is 6.07 Å². The first-order valence-corrected chi connectivity index (χ1v) is 4.39. The highest BCUT2D eigenvalue weighted by Crippen LogP contribution is 2.19. The molecule has 0 bridgehead atoms. The molecular formula is C7H4N2O4S. The molecule has 0 aliphatic heterocycles. The molecule has 0 saturated carbocycles. The fourth-order valence-corrected chi connectivity index (χ4v) is 1.95. The molecule has 0 aliphatic carbocycles. The summed E-state index contributed by atoms with van der Waals surface area (Å²) in [5.74, 6) is -1.12. The Kier molecular flexibility index (Phi) is 1.74. The van der Waals surface area contributed by atoms with Gasteiger partial charge in [0.1, 0.15) is 9.71 Å². The lowest BCUT2D eigenvalue weighted by Crippen LogP contribution is -2.20. The van der Waals surface area contributed by atoms with Crippen LogP contribution in [0.5, 0.6) is 0 Å². The molecule has 0 saturated heterocycles. The van der Waals surface area contributed by atoms with Crippen LogP contribution in [0.15, 0.2) is 15.7 Å². The molecular weight excluding hydrogens is 208 g/mol. The Balaban J connectivity index is 2.90. The number of aromatic nitrogens is 2. The fourth-order valence-electron chi connectivity index (χ4n) is 1.06. The molecule has 0 aliphatic rings. The van der Waals surface area contributed by atoms with Crippen LogP contribution in [0.3, 0.4) is 0 Å². The molecule has 0 radical (unpaired) electrons. The number of fused-ring (bicyclic) bond motifs is 1. The Bertz CT molecular complexity index is 620. The lowest BCUT2D eigenvalue weighted by atomic mass is 10.3. The lowest BCUT2D eigenvalue weighted by molar-refractivity contribution is 0.0702. The topological polar surface area (TPSA) is 103 Å². The van der Waals surface area contributed by atoms with Crippen molar-refractivity contribution in [1.29, 1.82) is 0 Å². The number of rotatable bonds is 1. The molecule has 6 nitrogen and oxygen atoms in total. The molecule has 2 rings (SSSR count). The van der Waals surface area contributed by atoms with E-state index in [2.05, 4.69) is 4.98 Å². The van der Waals surface area contributed by atoms with Crippen molar-refractivity contribution in [2.24, 2.45) is 0 Å². The van der Waals surface area contributed by atoms with Gasteiger partial charge in [0.15, 0.2) is 0 Å². The molecule has 0 unspecified atom stereocenters. The van der Waals surface area contributed by atoms with Crippen molar-refractivity contribution < 1.29 is 9.90 Å². The Morgan fingerprint density at radius 1 is 1.36 bits per heavy atom. The summed E-state index contributed by atoms with van der Waals surface area (Å²) in [6.45, 7) is 0. The minimum absolute atomic E-state index is 0.0207. The number of carbonyl (C=O) groups is 1. The standard InChI is InChI=1S/C7H4N2O4S/c10-4-2-1-3(6(11)12)14-5(2)9-7(13)8-4/h1H,(H,11,12)(H2,8,9,10,13). The first-order chi connectivity index (χ1) is 6.58. The zero-order valence-corrected chi connectivity index (χ0v) is 7.47. The largest absolute Gasteiger partial charge is 0.477 e. The maximum atomic E-state index is 11.2. The Labute approximate surface area is 79.8 Å². The van der Waals surface area contributed by atoms with Gasteiger partial charge < -0.3 is 5.11 Å². The quantitative estimate of drug-likeness (QED) is 0.617. The predicted molar refractivity (Wildman–Crippen MR) is 50.0 cm³/mol. The van der Waals surface area contributed by atoms with Crippen molar-refractivity contribution in [1.82, 2.24) is 9.97 Å². The maximum absolute atomic E-state index is 11.2. The van der Waals surface area contributed by atoms with Gasteiger partial charge >= 0.3 is 11.7 Å². The Hall–Kier alpha value is -1.89. The minimum Gasteiger partial charge on any atom is -0.477 e. The van der Waals surface area contributed by atoms with E-state index in [0.717, 1.165) is 11.3 Å². The van der Waals surface area contributed by atoms with Crippen LogP contribution in [0.1, 0.15) is 9.67 Å². The minimum atomic E-state index is -1.12. The van der Waals surface area contributed by atoms with E-state index in [4.69, 9.17) is 5.11 Å². The molecule has 0 aromatic carbocycles. The summed E-state index contributed by atoms with van der Waals surface area (Å²) in [5, 5.41) is 8.84. The first-order valence-electron chi connectivity index (χ1n) is 3.57. The van der Waals surface area contributed by atoms with E-state index < -0.39 is 17.2 Å². The summed E-state index contributed by atoms with van der Waals surface area (Å²) in [7, 11) is 0. The predicted octanol–water partition coefficient (Wildman–Crippen LogP) is -0.0239. The number of nitrogens with one attached hydrogen (secondary N) is 2. The zero-order valence-electron chi connectivity index (χ0n) is 6.66. The van der Waals surface area contributed by atoms with E-state index in [0.29, 0.717) is 0 Å². The average molecular weight is 212 g/mol. The van der Waals surface area contributed by atoms with Crippen molar-refractivity contribution >= 4 is 27.5 Å². The van der Waals surface area contributed by atoms with Gasteiger partial charge in [-0.1, -0.05) is 0 Å². The van der Waals surface area contributed by atoms with E-state index in [1.807, 2.05) is 4.98 Å². The van der Waals surface area contributed by atoms with Gasteiger partial charge in [0, 0.05) is 0 Å². The number of aromatic carboxylic acids is 1. The summed E-state index contributed by atoms with van der Waals surface area (Å²) < 4.78 is 0. The Morgan fingerprint density at radius 2 is 2.07 bits per heavy atom. The van der Waals surface area contributed by atoms with E-state index in [9.17, 15) is 14.4 Å². The second-order valence-corrected chi connectivity index (χ2v) is 3.62. The summed E-state index contributed by atoms with van der Waals surface area (Å²) in [6, 6.07) is 1.23. The zero-order chi connectivity index (χ0) is 10.3. The number of thiophene rings is 1. The highest BCUT2D eigenvalue weighted by atomic mass is 32.1. The van der Waals surface area contributed by atoms with Crippen LogP contribution in [-0.4, -0.2) is 21.0 Å². The van der Waals surface area contributed by atoms with Crippen molar-refractivity contribution in [2.75, 3.05) is 0 Å². The van der Waals surface area contributed by atoms with Crippen LogP contribution in [0.2, 0.25) is 0 Å². The molecule has 2 aromatic rings. The SMILES string of the molecule is O=C(O)c1cc2c(=O)[nH]c(=O)[nH]c2s1. The van der Waals surface area contributed by atoms with E-state index in [1.54, 1.807) is 0 Å². The summed E-state index contributed by atoms with van der Waals surface area (Å²) >= 11 is 0.859. The van der Waals surface area contributed by atoms with Gasteiger partial charge in [0.2, 0.25) is 0 Å². The molecule has 14 heavy (non-hydrogen) atoms. The molecule has 72 valence electrons. The molecule has 0 amide bonds. The smallest absolute Gasteiger partial charge is 0.345 e. The third kappa shape index (κ3) is 1.23. The maximum Gasteiger partial charge on any atom is 0.345 e.